The van der Waals surface area contributed by atoms with Gasteiger partial charge in [-0.05, 0) is 23.3 Å². The van der Waals surface area contributed by atoms with Crippen LogP contribution in [0, 0.1) is 0 Å². The lowest BCUT2D eigenvalue weighted by Gasteiger charge is -2.47. The summed E-state index contributed by atoms with van der Waals surface area (Å²) in [6.45, 7) is 0.111. The Labute approximate surface area is 174 Å². The Morgan fingerprint density at radius 1 is 0.867 bits per heavy atom. The Balaban J connectivity index is 1.52. The van der Waals surface area contributed by atoms with Gasteiger partial charge in [0.2, 0.25) is 6.23 Å². The number of β-lactam (4-membered cyclic amide) rings is 1. The molecule has 4 rings (SSSR count). The maximum absolute atomic E-state index is 12.7. The number of benzene rings is 3. The summed E-state index contributed by atoms with van der Waals surface area (Å²) in [7, 11) is 0. The SMILES string of the molecule is O=C(N[C@]1(Cc2ccccc2)C(=O)N[C@H]1Oc1ccccc1)OCc1ccccc1. The molecule has 1 fully saturated rings. The molecule has 0 unspecified atom stereocenters. The molecule has 1 heterocycles. The highest BCUT2D eigenvalue weighted by Gasteiger charge is 2.58. The zero-order valence-electron chi connectivity index (χ0n) is 16.3. The van der Waals surface area contributed by atoms with Crippen molar-refractivity contribution >= 4 is 12.0 Å². The molecule has 0 saturated carbocycles. The molecular formula is C24H22N2O4. The first-order valence-corrected chi connectivity index (χ1v) is 9.71. The molecule has 2 atom stereocenters. The Bertz CT molecular complexity index is 995. The van der Waals surface area contributed by atoms with Gasteiger partial charge < -0.3 is 20.1 Å². The Morgan fingerprint density at radius 2 is 1.43 bits per heavy atom. The molecule has 30 heavy (non-hydrogen) atoms. The van der Waals surface area contributed by atoms with E-state index in [2.05, 4.69) is 10.6 Å². The molecule has 0 aromatic heterocycles. The van der Waals surface area contributed by atoms with E-state index in [0.29, 0.717) is 5.75 Å². The zero-order valence-corrected chi connectivity index (χ0v) is 16.3. The summed E-state index contributed by atoms with van der Waals surface area (Å²) in [5, 5.41) is 5.52. The van der Waals surface area contributed by atoms with Gasteiger partial charge >= 0.3 is 6.09 Å². The van der Waals surface area contributed by atoms with Crippen molar-refractivity contribution in [3.63, 3.8) is 0 Å². The Hall–Kier alpha value is -3.80. The zero-order chi connectivity index (χ0) is 20.8. The molecule has 6 heteroatoms. The van der Waals surface area contributed by atoms with Crippen LogP contribution in [0.15, 0.2) is 91.0 Å². The lowest BCUT2D eigenvalue weighted by Crippen LogP contribution is -2.81. The van der Waals surface area contributed by atoms with Crippen molar-refractivity contribution in [2.24, 2.45) is 0 Å². The molecule has 1 aliphatic heterocycles. The predicted molar refractivity (Wildman–Crippen MR) is 112 cm³/mol. The van der Waals surface area contributed by atoms with Crippen LogP contribution in [0.1, 0.15) is 11.1 Å². The molecule has 2 N–H and O–H groups in total. The number of carbonyl (C=O) groups excluding carboxylic acids is 2. The first-order valence-electron chi connectivity index (χ1n) is 9.71. The number of carbonyl (C=O) groups is 2. The molecule has 0 spiro atoms. The first-order chi connectivity index (χ1) is 14.7. The van der Waals surface area contributed by atoms with Crippen LogP contribution in [0.25, 0.3) is 0 Å². The minimum Gasteiger partial charge on any atom is -0.468 e. The summed E-state index contributed by atoms with van der Waals surface area (Å²) in [4.78, 5) is 25.3. The van der Waals surface area contributed by atoms with Crippen LogP contribution in [0.3, 0.4) is 0 Å². The number of para-hydroxylation sites is 1. The van der Waals surface area contributed by atoms with Crippen molar-refractivity contribution in [1.82, 2.24) is 10.6 Å². The topological polar surface area (TPSA) is 76.7 Å². The fourth-order valence-electron chi connectivity index (χ4n) is 3.38. The number of rotatable bonds is 7. The Morgan fingerprint density at radius 3 is 2.03 bits per heavy atom. The highest BCUT2D eigenvalue weighted by molar-refractivity contribution is 5.97. The van der Waals surface area contributed by atoms with Crippen molar-refractivity contribution in [1.29, 1.82) is 0 Å². The lowest BCUT2D eigenvalue weighted by atomic mass is 9.82. The number of hydrogen-bond acceptors (Lipinski definition) is 4. The third kappa shape index (κ3) is 4.27. The van der Waals surface area contributed by atoms with Crippen LogP contribution >= 0.6 is 0 Å². The average molecular weight is 402 g/mol. The number of amides is 2. The van der Waals surface area contributed by atoms with Crippen molar-refractivity contribution in [2.45, 2.75) is 24.8 Å². The second kappa shape index (κ2) is 8.69. The molecule has 3 aromatic rings. The van der Waals surface area contributed by atoms with Gasteiger partial charge in [-0.1, -0.05) is 78.9 Å². The quantitative estimate of drug-likeness (QED) is 0.594. The van der Waals surface area contributed by atoms with Gasteiger partial charge in [-0.3, -0.25) is 4.79 Å². The van der Waals surface area contributed by atoms with Crippen LogP contribution in [0.4, 0.5) is 4.79 Å². The van der Waals surface area contributed by atoms with Crippen LogP contribution in [-0.4, -0.2) is 23.8 Å². The third-order valence-electron chi connectivity index (χ3n) is 4.98. The van der Waals surface area contributed by atoms with Gasteiger partial charge in [-0.2, -0.15) is 0 Å². The monoisotopic (exact) mass is 402 g/mol. The lowest BCUT2D eigenvalue weighted by molar-refractivity contribution is -0.150. The normalized spacial score (nSPS) is 19.9. The van der Waals surface area contributed by atoms with Crippen molar-refractivity contribution in [3.8, 4) is 5.75 Å². The second-order valence-electron chi connectivity index (χ2n) is 7.10. The van der Waals surface area contributed by atoms with E-state index in [1.807, 2.05) is 78.9 Å². The van der Waals surface area contributed by atoms with Crippen LogP contribution in [0.2, 0.25) is 0 Å². The van der Waals surface area contributed by atoms with E-state index in [1.54, 1.807) is 12.1 Å². The molecule has 0 aliphatic carbocycles. The second-order valence-corrected chi connectivity index (χ2v) is 7.10. The van der Waals surface area contributed by atoms with Gasteiger partial charge in [0, 0.05) is 6.42 Å². The molecule has 2 amide bonds. The third-order valence-corrected chi connectivity index (χ3v) is 4.98. The number of alkyl carbamates (subject to hydrolysis) is 1. The van der Waals surface area contributed by atoms with Crippen molar-refractivity contribution < 1.29 is 19.1 Å². The predicted octanol–water partition coefficient (Wildman–Crippen LogP) is 3.43. The molecule has 152 valence electrons. The van der Waals surface area contributed by atoms with Crippen molar-refractivity contribution in [2.75, 3.05) is 0 Å². The summed E-state index contributed by atoms with van der Waals surface area (Å²) < 4.78 is 11.3. The van der Waals surface area contributed by atoms with E-state index in [4.69, 9.17) is 9.47 Å². The van der Waals surface area contributed by atoms with E-state index < -0.39 is 17.9 Å². The van der Waals surface area contributed by atoms with Crippen molar-refractivity contribution in [3.05, 3.63) is 102 Å². The van der Waals surface area contributed by atoms with Gasteiger partial charge in [0.05, 0.1) is 0 Å². The maximum Gasteiger partial charge on any atom is 0.408 e. The minimum atomic E-state index is -1.27. The molecule has 3 aromatic carbocycles. The number of ether oxygens (including phenoxy) is 2. The van der Waals surface area contributed by atoms with E-state index in [-0.39, 0.29) is 18.9 Å². The Kier molecular flexibility index (Phi) is 5.66. The summed E-state index contributed by atoms with van der Waals surface area (Å²) in [5.74, 6) is 0.281. The number of hydrogen-bond donors (Lipinski definition) is 2. The van der Waals surface area contributed by atoms with Gasteiger partial charge in [0.15, 0.2) is 5.54 Å². The van der Waals surface area contributed by atoms with Gasteiger partial charge in [0.1, 0.15) is 12.4 Å². The summed E-state index contributed by atoms with van der Waals surface area (Å²) in [5.41, 5.74) is 0.489. The molecular weight excluding hydrogens is 380 g/mol. The molecule has 0 radical (unpaired) electrons. The van der Waals surface area contributed by atoms with E-state index in [1.165, 1.54) is 0 Å². The van der Waals surface area contributed by atoms with Crippen LogP contribution < -0.4 is 15.4 Å². The van der Waals surface area contributed by atoms with Gasteiger partial charge in [-0.15, -0.1) is 0 Å². The summed E-state index contributed by atoms with van der Waals surface area (Å²) in [6, 6.07) is 28.0. The molecule has 6 nitrogen and oxygen atoms in total. The van der Waals surface area contributed by atoms with E-state index >= 15 is 0 Å². The highest BCUT2D eigenvalue weighted by Crippen LogP contribution is 2.29. The average Bonchev–Trinajstić information content (AvgIpc) is 2.79. The maximum atomic E-state index is 12.7. The van der Waals surface area contributed by atoms with Gasteiger partial charge in [-0.25, -0.2) is 4.79 Å². The molecule has 1 aliphatic rings. The molecule has 0 bridgehead atoms. The van der Waals surface area contributed by atoms with Crippen LogP contribution in [-0.2, 0) is 22.6 Å². The fourth-order valence-corrected chi connectivity index (χ4v) is 3.38. The molecule has 1 saturated heterocycles. The van der Waals surface area contributed by atoms with Crippen LogP contribution in [0.5, 0.6) is 5.75 Å². The standard InChI is InChI=1S/C24H22N2O4/c27-21-24(16-18-10-4-1-5-11-18,22(25-21)30-20-14-8-3-9-15-20)26-23(28)29-17-19-12-6-2-7-13-19/h1-15,22H,16-17H2,(H,25,27)(H,26,28)/t22-,24+/m0/s1. The number of nitrogens with one attached hydrogen (secondary N) is 2. The summed E-state index contributed by atoms with van der Waals surface area (Å²) in [6.07, 6.45) is -1.12. The summed E-state index contributed by atoms with van der Waals surface area (Å²) >= 11 is 0. The fraction of sp³-hybridized carbons (Fsp3) is 0.167. The largest absolute Gasteiger partial charge is 0.468 e. The first kappa shape index (κ1) is 19.5. The smallest absolute Gasteiger partial charge is 0.408 e. The highest BCUT2D eigenvalue weighted by atomic mass is 16.6. The van der Waals surface area contributed by atoms with E-state index in [9.17, 15) is 9.59 Å². The van der Waals surface area contributed by atoms with Gasteiger partial charge in [0.25, 0.3) is 5.91 Å². The minimum absolute atomic E-state index is 0.111. The van der Waals surface area contributed by atoms with E-state index in [0.717, 1.165) is 11.1 Å².